The van der Waals surface area contributed by atoms with Gasteiger partial charge in [-0.15, -0.1) is 11.8 Å². The maximum Gasteiger partial charge on any atom is 0.235 e. The first kappa shape index (κ1) is 18.1. The number of amides is 1. The predicted molar refractivity (Wildman–Crippen MR) is 98.2 cm³/mol. The molecule has 3 aromatic rings. The van der Waals surface area contributed by atoms with Gasteiger partial charge in [-0.05, 0) is 30.7 Å². The molecule has 0 radical (unpaired) electrons. The van der Waals surface area contributed by atoms with Crippen molar-refractivity contribution < 1.29 is 13.6 Å². The van der Waals surface area contributed by atoms with Gasteiger partial charge >= 0.3 is 0 Å². The van der Waals surface area contributed by atoms with Crippen molar-refractivity contribution >= 4 is 23.5 Å². The minimum atomic E-state index is -0.924. The molecule has 0 atom stereocenters. The largest absolute Gasteiger partial charge is 0.310 e. The second kappa shape index (κ2) is 8.14. The van der Waals surface area contributed by atoms with Crippen LogP contribution < -0.4 is 5.32 Å². The summed E-state index contributed by atoms with van der Waals surface area (Å²) in [4.78, 5) is 12.7. The van der Waals surface area contributed by atoms with Crippen LogP contribution in [0.2, 0.25) is 0 Å². The highest BCUT2D eigenvalue weighted by Crippen LogP contribution is 2.21. The van der Waals surface area contributed by atoms with E-state index in [0.29, 0.717) is 17.3 Å². The normalized spacial score (nSPS) is 10.7. The molecule has 3 rings (SSSR count). The highest BCUT2D eigenvalue weighted by molar-refractivity contribution is 8.00. The summed E-state index contributed by atoms with van der Waals surface area (Å²) in [6.07, 6.45) is 0. The van der Waals surface area contributed by atoms with Crippen molar-refractivity contribution in [3.05, 3.63) is 77.5 Å². The van der Waals surface area contributed by atoms with E-state index in [1.54, 1.807) is 10.7 Å². The quantitative estimate of drug-likeness (QED) is 0.657. The number of carbonyl (C=O) groups is 1. The molecular formula is C19H17F2N3OS. The molecule has 0 unspecified atom stereocenters. The molecule has 1 aromatic heterocycles. The Kier molecular flexibility index (Phi) is 5.68. The first-order valence-corrected chi connectivity index (χ1v) is 8.96. The third-order valence-corrected chi connectivity index (χ3v) is 4.60. The predicted octanol–water partition coefficient (Wildman–Crippen LogP) is 4.25. The lowest BCUT2D eigenvalue weighted by atomic mass is 10.2. The van der Waals surface area contributed by atoms with Crippen molar-refractivity contribution in [2.45, 2.75) is 18.4 Å². The third-order valence-electron chi connectivity index (χ3n) is 3.61. The minimum Gasteiger partial charge on any atom is -0.310 e. The molecule has 2 aromatic carbocycles. The molecule has 7 heteroatoms. The van der Waals surface area contributed by atoms with Crippen molar-refractivity contribution in [3.63, 3.8) is 0 Å². The maximum atomic E-state index is 13.2. The molecule has 0 aliphatic carbocycles. The number of aromatic nitrogens is 2. The Labute approximate surface area is 154 Å². The summed E-state index contributed by atoms with van der Waals surface area (Å²) in [6, 6.07) is 15.2. The van der Waals surface area contributed by atoms with Crippen LogP contribution in [0.3, 0.4) is 0 Å². The summed E-state index contributed by atoms with van der Waals surface area (Å²) >= 11 is 1.14. The smallest absolute Gasteiger partial charge is 0.235 e. The molecule has 4 nitrogen and oxygen atoms in total. The molecule has 0 bridgehead atoms. The number of nitrogens with zero attached hydrogens (tertiary/aromatic N) is 2. The fraction of sp³-hybridized carbons (Fsp3) is 0.158. The van der Waals surface area contributed by atoms with Crippen molar-refractivity contribution in [2.75, 3.05) is 11.1 Å². The van der Waals surface area contributed by atoms with Gasteiger partial charge in [0.05, 0.1) is 18.0 Å². The van der Waals surface area contributed by atoms with E-state index in [-0.39, 0.29) is 11.7 Å². The molecule has 134 valence electrons. The minimum absolute atomic E-state index is 0.0840. The van der Waals surface area contributed by atoms with E-state index in [0.717, 1.165) is 35.2 Å². The molecule has 1 N–H and O–H groups in total. The molecule has 0 spiro atoms. The highest BCUT2D eigenvalue weighted by Gasteiger charge is 2.11. The number of rotatable bonds is 6. The van der Waals surface area contributed by atoms with Gasteiger partial charge < -0.3 is 5.32 Å². The van der Waals surface area contributed by atoms with Gasteiger partial charge in [0.15, 0.2) is 11.6 Å². The Balaban J connectivity index is 1.63. The van der Waals surface area contributed by atoms with Gasteiger partial charge in [0, 0.05) is 11.0 Å². The van der Waals surface area contributed by atoms with Crippen LogP contribution in [-0.2, 0) is 11.3 Å². The van der Waals surface area contributed by atoms with Crippen molar-refractivity contribution in [3.8, 4) is 0 Å². The molecule has 1 amide bonds. The van der Waals surface area contributed by atoms with Gasteiger partial charge in [-0.2, -0.15) is 5.10 Å². The van der Waals surface area contributed by atoms with E-state index in [9.17, 15) is 13.6 Å². The number of carbonyl (C=O) groups excluding carboxylic acids is 1. The van der Waals surface area contributed by atoms with Crippen molar-refractivity contribution in [1.82, 2.24) is 9.78 Å². The van der Waals surface area contributed by atoms with Crippen LogP contribution in [0.5, 0.6) is 0 Å². The maximum absolute atomic E-state index is 13.2. The SMILES string of the molecule is Cc1cc(NC(=O)CSc2ccc(F)c(F)c2)n(Cc2ccccc2)n1. The average molecular weight is 373 g/mol. The lowest BCUT2D eigenvalue weighted by molar-refractivity contribution is -0.113. The van der Waals surface area contributed by atoms with Crippen molar-refractivity contribution in [2.24, 2.45) is 0 Å². The Morgan fingerprint density at radius 2 is 1.88 bits per heavy atom. The number of nitrogens with one attached hydrogen (secondary N) is 1. The first-order chi connectivity index (χ1) is 12.5. The average Bonchev–Trinajstić information content (AvgIpc) is 2.96. The topological polar surface area (TPSA) is 46.9 Å². The zero-order valence-electron chi connectivity index (χ0n) is 14.1. The van der Waals surface area contributed by atoms with E-state index in [4.69, 9.17) is 0 Å². The molecule has 26 heavy (non-hydrogen) atoms. The van der Waals surface area contributed by atoms with Gasteiger partial charge in [0.2, 0.25) is 5.91 Å². The number of aryl methyl sites for hydroxylation is 1. The van der Waals surface area contributed by atoms with Crippen molar-refractivity contribution in [1.29, 1.82) is 0 Å². The van der Waals surface area contributed by atoms with E-state index in [1.165, 1.54) is 6.07 Å². The number of hydrogen-bond acceptors (Lipinski definition) is 3. The molecule has 0 saturated carbocycles. The second-order valence-corrected chi connectivity index (χ2v) is 6.78. The Morgan fingerprint density at radius 3 is 2.62 bits per heavy atom. The summed E-state index contributed by atoms with van der Waals surface area (Å²) in [5, 5.41) is 7.22. The van der Waals surface area contributed by atoms with E-state index in [1.807, 2.05) is 37.3 Å². The molecular weight excluding hydrogens is 356 g/mol. The summed E-state index contributed by atoms with van der Waals surface area (Å²) in [6.45, 7) is 2.40. The zero-order valence-corrected chi connectivity index (χ0v) is 14.9. The van der Waals surface area contributed by atoms with Crippen LogP contribution in [0.25, 0.3) is 0 Å². The standard InChI is InChI=1S/C19H17F2N3OS/c1-13-9-18(24(23-13)11-14-5-3-2-4-6-14)22-19(25)12-26-15-7-8-16(20)17(21)10-15/h2-10H,11-12H2,1H3,(H,22,25). The van der Waals surface area contributed by atoms with Crippen LogP contribution >= 0.6 is 11.8 Å². The monoisotopic (exact) mass is 373 g/mol. The molecule has 0 saturated heterocycles. The second-order valence-electron chi connectivity index (χ2n) is 5.73. The van der Waals surface area contributed by atoms with Gasteiger partial charge in [-0.25, -0.2) is 13.5 Å². The number of thioether (sulfide) groups is 1. The zero-order chi connectivity index (χ0) is 18.5. The third kappa shape index (κ3) is 4.70. The van der Waals surface area contributed by atoms with E-state index < -0.39 is 11.6 Å². The fourth-order valence-electron chi connectivity index (χ4n) is 2.42. The Hall–Kier alpha value is -2.67. The lowest BCUT2D eigenvalue weighted by Gasteiger charge is -2.09. The van der Waals surface area contributed by atoms with Crippen LogP contribution in [0.15, 0.2) is 59.5 Å². The van der Waals surface area contributed by atoms with E-state index in [2.05, 4.69) is 10.4 Å². The van der Waals surface area contributed by atoms with E-state index >= 15 is 0 Å². The van der Waals surface area contributed by atoms with Crippen LogP contribution in [0.4, 0.5) is 14.6 Å². The lowest BCUT2D eigenvalue weighted by Crippen LogP contribution is -2.17. The highest BCUT2D eigenvalue weighted by atomic mass is 32.2. The number of benzene rings is 2. The number of halogens is 2. The molecule has 1 heterocycles. The first-order valence-electron chi connectivity index (χ1n) is 7.97. The Morgan fingerprint density at radius 1 is 1.12 bits per heavy atom. The summed E-state index contributed by atoms with van der Waals surface area (Å²) in [7, 11) is 0. The molecule has 0 aliphatic heterocycles. The number of hydrogen-bond donors (Lipinski definition) is 1. The van der Waals surface area contributed by atoms with Gasteiger partial charge in [0.1, 0.15) is 5.82 Å². The summed E-state index contributed by atoms with van der Waals surface area (Å²) in [5.41, 5.74) is 1.87. The van der Waals surface area contributed by atoms with Gasteiger partial charge in [-0.1, -0.05) is 30.3 Å². The molecule has 0 aliphatic rings. The molecule has 0 fully saturated rings. The van der Waals surface area contributed by atoms with Crippen LogP contribution in [-0.4, -0.2) is 21.4 Å². The Bertz CT molecular complexity index is 912. The van der Waals surface area contributed by atoms with Gasteiger partial charge in [0.25, 0.3) is 0 Å². The summed E-state index contributed by atoms with van der Waals surface area (Å²) < 4.78 is 27.9. The number of anilines is 1. The fourth-order valence-corrected chi connectivity index (χ4v) is 3.14. The summed E-state index contributed by atoms with van der Waals surface area (Å²) in [5.74, 6) is -1.39. The van der Waals surface area contributed by atoms with Crippen LogP contribution in [0.1, 0.15) is 11.3 Å². The van der Waals surface area contributed by atoms with Gasteiger partial charge in [-0.3, -0.25) is 4.79 Å². The van der Waals surface area contributed by atoms with Crippen LogP contribution in [0, 0.1) is 18.6 Å².